The molecule has 4 rings (SSSR count). The van der Waals surface area contributed by atoms with Crippen LogP contribution < -0.4 is 10.2 Å². The normalized spacial score (nSPS) is 14.5. The van der Waals surface area contributed by atoms with Gasteiger partial charge in [0, 0.05) is 38.6 Å². The second kappa shape index (κ2) is 8.97. The molecule has 10 heteroatoms. The lowest BCUT2D eigenvalue weighted by Crippen LogP contribution is -2.48. The fraction of sp³-hybridized carbons (Fsp3) is 0.350. The molecule has 0 bridgehead atoms. The van der Waals surface area contributed by atoms with Crippen molar-refractivity contribution in [1.29, 1.82) is 0 Å². The first-order valence-corrected chi connectivity index (χ1v) is 9.64. The summed E-state index contributed by atoms with van der Waals surface area (Å²) in [7, 11) is 1.80. The Morgan fingerprint density at radius 1 is 1.17 bits per heavy atom. The summed E-state index contributed by atoms with van der Waals surface area (Å²) in [5.41, 5.74) is 6.56. The van der Waals surface area contributed by atoms with Crippen LogP contribution in [0.15, 0.2) is 36.7 Å². The highest BCUT2D eigenvalue weighted by atomic mass is 16.5. The molecule has 1 saturated heterocycles. The summed E-state index contributed by atoms with van der Waals surface area (Å²) in [4.78, 5) is 21.0. The molecule has 0 unspecified atom stereocenters. The summed E-state index contributed by atoms with van der Waals surface area (Å²) >= 11 is 0. The minimum atomic E-state index is -0.209. The van der Waals surface area contributed by atoms with Crippen LogP contribution in [0.5, 0.6) is 5.88 Å². The van der Waals surface area contributed by atoms with Gasteiger partial charge in [0.25, 0.3) is 5.91 Å². The van der Waals surface area contributed by atoms with Gasteiger partial charge in [-0.15, -0.1) is 5.10 Å². The molecule has 1 N–H and O–H groups in total. The largest absolute Gasteiger partial charge is 0.471 e. The van der Waals surface area contributed by atoms with Crippen LogP contribution in [0, 0.1) is 6.92 Å². The van der Waals surface area contributed by atoms with Crippen molar-refractivity contribution in [3.05, 3.63) is 53.5 Å². The topological polar surface area (TPSA) is 107 Å². The van der Waals surface area contributed by atoms with Gasteiger partial charge in [0.1, 0.15) is 18.0 Å². The predicted molar refractivity (Wildman–Crippen MR) is 107 cm³/mol. The smallest absolute Gasteiger partial charge is 0.267 e. The van der Waals surface area contributed by atoms with Crippen molar-refractivity contribution in [3.8, 4) is 17.3 Å². The number of nitrogens with one attached hydrogen (secondary N) is 1. The van der Waals surface area contributed by atoms with E-state index in [4.69, 9.17) is 9.47 Å². The minimum absolute atomic E-state index is 0.209. The zero-order valence-electron chi connectivity index (χ0n) is 16.9. The fourth-order valence-electron chi connectivity index (χ4n) is 2.97. The average molecular weight is 409 g/mol. The van der Waals surface area contributed by atoms with E-state index < -0.39 is 0 Å². The summed E-state index contributed by atoms with van der Waals surface area (Å²) in [6.45, 7) is 4.74. The van der Waals surface area contributed by atoms with Gasteiger partial charge in [-0.3, -0.25) is 15.2 Å². The maximum absolute atomic E-state index is 12.3. The zero-order chi connectivity index (χ0) is 20.9. The number of ether oxygens (including phenoxy) is 2. The quantitative estimate of drug-likeness (QED) is 0.646. The molecule has 1 aliphatic heterocycles. The van der Waals surface area contributed by atoms with E-state index in [0.29, 0.717) is 43.4 Å². The lowest BCUT2D eigenvalue weighted by Gasteiger charge is -2.26. The second-order valence-electron chi connectivity index (χ2n) is 6.94. The van der Waals surface area contributed by atoms with E-state index in [1.165, 1.54) is 6.20 Å². The number of rotatable bonds is 6. The third-order valence-electron chi connectivity index (χ3n) is 4.72. The van der Waals surface area contributed by atoms with Crippen LogP contribution in [0.25, 0.3) is 11.4 Å². The van der Waals surface area contributed by atoms with E-state index >= 15 is 0 Å². The van der Waals surface area contributed by atoms with Gasteiger partial charge in [0.2, 0.25) is 5.88 Å². The molecule has 3 aromatic rings. The van der Waals surface area contributed by atoms with Crippen LogP contribution >= 0.6 is 0 Å². The number of aromatic nitrogens is 5. The van der Waals surface area contributed by atoms with Gasteiger partial charge in [-0.2, -0.15) is 0 Å². The molecule has 3 aromatic heterocycles. The molecule has 0 saturated carbocycles. The van der Waals surface area contributed by atoms with Gasteiger partial charge in [-0.25, -0.2) is 14.7 Å². The monoisotopic (exact) mass is 409 g/mol. The van der Waals surface area contributed by atoms with Gasteiger partial charge in [0.15, 0.2) is 0 Å². The number of nitrogens with zero attached hydrogens (tertiary/aromatic N) is 6. The zero-order valence-corrected chi connectivity index (χ0v) is 16.9. The summed E-state index contributed by atoms with van der Waals surface area (Å²) < 4.78 is 12.7. The Kier molecular flexibility index (Phi) is 5.96. The van der Waals surface area contributed by atoms with Gasteiger partial charge in [-0.1, -0.05) is 11.3 Å². The highest BCUT2D eigenvalue weighted by molar-refractivity contribution is 5.93. The van der Waals surface area contributed by atoms with Crippen molar-refractivity contribution in [1.82, 2.24) is 35.4 Å². The Morgan fingerprint density at radius 2 is 2.00 bits per heavy atom. The van der Waals surface area contributed by atoms with Crippen LogP contribution in [0.3, 0.4) is 0 Å². The van der Waals surface area contributed by atoms with Crippen LogP contribution in [0.2, 0.25) is 0 Å². The third-order valence-corrected chi connectivity index (χ3v) is 4.72. The Morgan fingerprint density at radius 3 is 2.70 bits per heavy atom. The average Bonchev–Trinajstić information content (AvgIpc) is 3.14. The van der Waals surface area contributed by atoms with Crippen molar-refractivity contribution in [2.24, 2.45) is 7.05 Å². The molecule has 0 aromatic carbocycles. The van der Waals surface area contributed by atoms with Crippen LogP contribution in [-0.4, -0.2) is 62.2 Å². The predicted octanol–water partition coefficient (Wildman–Crippen LogP) is 1.14. The fourth-order valence-corrected chi connectivity index (χ4v) is 2.97. The molecule has 0 radical (unpaired) electrons. The molecule has 4 heterocycles. The maximum Gasteiger partial charge on any atom is 0.267 e. The first-order chi connectivity index (χ1) is 14.6. The molecule has 10 nitrogen and oxygen atoms in total. The number of carbonyl (C=O) groups is 1. The Labute approximate surface area is 173 Å². The van der Waals surface area contributed by atoms with E-state index in [1.54, 1.807) is 30.1 Å². The number of amides is 1. The lowest BCUT2D eigenvalue weighted by atomic mass is 10.2. The van der Waals surface area contributed by atoms with Gasteiger partial charge < -0.3 is 9.47 Å². The number of hydrazine groups is 1. The van der Waals surface area contributed by atoms with Crippen molar-refractivity contribution in [2.45, 2.75) is 13.5 Å². The Hall–Kier alpha value is -3.37. The highest BCUT2D eigenvalue weighted by Crippen LogP contribution is 2.20. The minimum Gasteiger partial charge on any atom is -0.471 e. The van der Waals surface area contributed by atoms with Crippen molar-refractivity contribution in [2.75, 3.05) is 26.3 Å². The molecule has 1 aliphatic rings. The van der Waals surface area contributed by atoms with E-state index in [-0.39, 0.29) is 12.5 Å². The number of aryl methyl sites for hydroxylation is 2. The van der Waals surface area contributed by atoms with E-state index in [1.807, 2.05) is 24.1 Å². The Bertz CT molecular complexity index is 996. The molecular weight excluding hydrogens is 386 g/mol. The van der Waals surface area contributed by atoms with E-state index in [9.17, 15) is 4.79 Å². The van der Waals surface area contributed by atoms with E-state index in [2.05, 4.69) is 25.7 Å². The highest BCUT2D eigenvalue weighted by Gasteiger charge is 2.16. The summed E-state index contributed by atoms with van der Waals surface area (Å²) in [6.07, 6.45) is 3.28. The molecule has 0 spiro atoms. The van der Waals surface area contributed by atoms with Crippen molar-refractivity contribution >= 4 is 5.91 Å². The molecule has 1 fully saturated rings. The number of carbonyl (C=O) groups excluding carboxylic acids is 1. The number of hydrogen-bond donors (Lipinski definition) is 1. The van der Waals surface area contributed by atoms with Gasteiger partial charge in [-0.05, 0) is 24.6 Å². The van der Waals surface area contributed by atoms with Gasteiger partial charge >= 0.3 is 0 Å². The van der Waals surface area contributed by atoms with Crippen molar-refractivity contribution < 1.29 is 14.3 Å². The number of morpholine rings is 1. The van der Waals surface area contributed by atoms with E-state index in [0.717, 1.165) is 17.0 Å². The van der Waals surface area contributed by atoms with Crippen LogP contribution in [0.4, 0.5) is 0 Å². The first kappa shape index (κ1) is 19.9. The molecule has 0 aliphatic carbocycles. The van der Waals surface area contributed by atoms with Crippen LogP contribution in [0.1, 0.15) is 21.6 Å². The van der Waals surface area contributed by atoms with Crippen LogP contribution in [-0.2, 0) is 18.4 Å². The summed E-state index contributed by atoms with van der Waals surface area (Å²) in [6, 6.07) is 7.23. The first-order valence-electron chi connectivity index (χ1n) is 9.64. The maximum atomic E-state index is 12.3. The molecule has 30 heavy (non-hydrogen) atoms. The molecular formula is C20H23N7O3. The lowest BCUT2D eigenvalue weighted by molar-refractivity contribution is 0.0126. The SMILES string of the molecule is Cc1ccc(-c2nnn(C)c2COc2ccc(C(=O)NN3CCOCC3)cn2)nc1. The number of hydrogen-bond acceptors (Lipinski definition) is 8. The Balaban J connectivity index is 1.39. The standard InChI is InChI=1S/C20H23N7O3/c1-14-3-5-16(21-11-14)19-17(26(2)25-23-19)13-30-18-6-4-15(12-22-18)20(28)24-27-7-9-29-10-8-27/h3-6,11-12H,7-10,13H2,1-2H3,(H,24,28). The molecule has 156 valence electrons. The summed E-state index contributed by atoms with van der Waals surface area (Å²) in [5, 5.41) is 10.1. The molecule has 0 atom stereocenters. The third kappa shape index (κ3) is 4.61. The summed E-state index contributed by atoms with van der Waals surface area (Å²) in [5.74, 6) is 0.196. The van der Waals surface area contributed by atoms with Gasteiger partial charge in [0.05, 0.1) is 24.5 Å². The second-order valence-corrected chi connectivity index (χ2v) is 6.94. The molecule has 1 amide bonds. The number of pyridine rings is 2. The van der Waals surface area contributed by atoms with Crippen molar-refractivity contribution in [3.63, 3.8) is 0 Å².